The fraction of sp³-hybridized carbons (Fsp3) is 0.571. The van der Waals surface area contributed by atoms with E-state index in [9.17, 15) is 13.2 Å². The Morgan fingerprint density at radius 1 is 1.16 bits per heavy atom. The van der Waals surface area contributed by atoms with E-state index in [1.54, 1.807) is 0 Å². The zero-order chi connectivity index (χ0) is 14.3. The standard InChI is InChI=1S/C14H21F3N2/c1-12(2)19(9-8-18-11-14(15,16)17)10-13-6-4-3-5-7-13/h3-7,12,18H,8-11H2,1-2H3. The first-order chi connectivity index (χ1) is 8.88. The largest absolute Gasteiger partial charge is 0.401 e. The number of rotatable bonds is 7. The Kier molecular flexibility index (Phi) is 6.31. The highest BCUT2D eigenvalue weighted by atomic mass is 19.4. The minimum Gasteiger partial charge on any atom is -0.307 e. The van der Waals surface area contributed by atoms with Crippen LogP contribution in [0.5, 0.6) is 0 Å². The van der Waals surface area contributed by atoms with Crippen LogP contribution >= 0.6 is 0 Å². The second-order valence-corrected chi connectivity index (χ2v) is 4.84. The van der Waals surface area contributed by atoms with Crippen LogP contribution in [-0.4, -0.2) is 36.8 Å². The molecule has 0 fully saturated rings. The number of halogens is 3. The predicted octanol–water partition coefficient (Wildman–Crippen LogP) is 3.05. The summed E-state index contributed by atoms with van der Waals surface area (Å²) in [5.41, 5.74) is 1.17. The Labute approximate surface area is 112 Å². The van der Waals surface area contributed by atoms with E-state index in [4.69, 9.17) is 0 Å². The maximum Gasteiger partial charge on any atom is 0.401 e. The first-order valence-electron chi connectivity index (χ1n) is 6.44. The first-order valence-corrected chi connectivity index (χ1v) is 6.44. The molecule has 0 saturated heterocycles. The maximum atomic E-state index is 12.0. The Morgan fingerprint density at radius 3 is 2.32 bits per heavy atom. The molecule has 1 aromatic carbocycles. The van der Waals surface area contributed by atoms with Gasteiger partial charge in [-0.2, -0.15) is 13.2 Å². The zero-order valence-electron chi connectivity index (χ0n) is 11.4. The second kappa shape index (κ2) is 7.50. The van der Waals surface area contributed by atoms with E-state index in [1.165, 1.54) is 5.56 Å². The van der Waals surface area contributed by atoms with Gasteiger partial charge in [-0.3, -0.25) is 4.90 Å². The van der Waals surface area contributed by atoms with Crippen molar-refractivity contribution in [3.05, 3.63) is 35.9 Å². The van der Waals surface area contributed by atoms with Crippen molar-refractivity contribution in [3.8, 4) is 0 Å². The van der Waals surface area contributed by atoms with Gasteiger partial charge in [0.15, 0.2) is 0 Å². The van der Waals surface area contributed by atoms with Crippen LogP contribution in [0.3, 0.4) is 0 Å². The summed E-state index contributed by atoms with van der Waals surface area (Å²) in [5, 5.41) is 2.43. The molecule has 19 heavy (non-hydrogen) atoms. The van der Waals surface area contributed by atoms with E-state index in [0.717, 1.165) is 6.54 Å². The summed E-state index contributed by atoms with van der Waals surface area (Å²) in [7, 11) is 0. The molecule has 1 aromatic rings. The lowest BCUT2D eigenvalue weighted by molar-refractivity contribution is -0.124. The van der Waals surface area contributed by atoms with Crippen LogP contribution in [0.15, 0.2) is 30.3 Å². The second-order valence-electron chi connectivity index (χ2n) is 4.84. The lowest BCUT2D eigenvalue weighted by Crippen LogP contribution is -2.39. The van der Waals surface area contributed by atoms with Gasteiger partial charge >= 0.3 is 6.18 Å². The quantitative estimate of drug-likeness (QED) is 0.769. The summed E-state index contributed by atoms with van der Waals surface area (Å²) in [6, 6.07) is 10.2. The number of benzene rings is 1. The molecule has 108 valence electrons. The molecular weight excluding hydrogens is 253 g/mol. The molecule has 0 aliphatic heterocycles. The molecule has 0 radical (unpaired) electrons. The van der Waals surface area contributed by atoms with Crippen molar-refractivity contribution in [3.63, 3.8) is 0 Å². The molecule has 0 aliphatic carbocycles. The highest BCUT2D eigenvalue weighted by molar-refractivity contribution is 5.14. The van der Waals surface area contributed by atoms with Crippen LogP contribution in [0.1, 0.15) is 19.4 Å². The molecule has 0 bridgehead atoms. The third-order valence-corrected chi connectivity index (χ3v) is 2.86. The summed E-state index contributed by atoms with van der Waals surface area (Å²) in [6.07, 6.45) is -4.14. The molecule has 0 saturated carbocycles. The maximum absolute atomic E-state index is 12.0. The summed E-state index contributed by atoms with van der Waals surface area (Å²) < 4.78 is 36.0. The number of alkyl halides is 3. The molecule has 0 heterocycles. The van der Waals surface area contributed by atoms with E-state index >= 15 is 0 Å². The van der Waals surface area contributed by atoms with Crippen LogP contribution in [0.4, 0.5) is 13.2 Å². The van der Waals surface area contributed by atoms with E-state index in [1.807, 2.05) is 44.2 Å². The van der Waals surface area contributed by atoms with Gasteiger partial charge in [0, 0.05) is 25.7 Å². The van der Waals surface area contributed by atoms with E-state index in [-0.39, 0.29) is 0 Å². The first kappa shape index (κ1) is 16.0. The molecule has 0 aliphatic rings. The monoisotopic (exact) mass is 274 g/mol. The van der Waals surface area contributed by atoms with Crippen molar-refractivity contribution in [2.24, 2.45) is 0 Å². The summed E-state index contributed by atoms with van der Waals surface area (Å²) in [5.74, 6) is 0. The van der Waals surface area contributed by atoms with E-state index in [2.05, 4.69) is 10.2 Å². The normalized spacial score (nSPS) is 12.4. The summed E-state index contributed by atoms with van der Waals surface area (Å²) >= 11 is 0. The Bertz CT molecular complexity index is 349. The molecule has 5 heteroatoms. The van der Waals surface area contributed by atoms with Gasteiger partial charge in [0.25, 0.3) is 0 Å². The Morgan fingerprint density at radius 2 is 1.79 bits per heavy atom. The molecular formula is C14H21F3N2. The van der Waals surface area contributed by atoms with Crippen molar-refractivity contribution in [2.45, 2.75) is 32.6 Å². The molecule has 1 rings (SSSR count). The molecule has 0 amide bonds. The van der Waals surface area contributed by atoms with Gasteiger partial charge in [0.1, 0.15) is 0 Å². The molecule has 0 unspecified atom stereocenters. The van der Waals surface area contributed by atoms with E-state index in [0.29, 0.717) is 19.1 Å². The molecule has 2 nitrogen and oxygen atoms in total. The molecule has 0 aromatic heterocycles. The van der Waals surface area contributed by atoms with Crippen LogP contribution in [0.25, 0.3) is 0 Å². The average molecular weight is 274 g/mol. The van der Waals surface area contributed by atoms with Gasteiger partial charge in [0.05, 0.1) is 6.54 Å². The minimum absolute atomic E-state index is 0.299. The van der Waals surface area contributed by atoms with Crippen molar-refractivity contribution < 1.29 is 13.2 Å². The third kappa shape index (κ3) is 7.18. The molecule has 0 spiro atoms. The topological polar surface area (TPSA) is 15.3 Å². The van der Waals surface area contributed by atoms with Gasteiger partial charge < -0.3 is 5.32 Å². The van der Waals surface area contributed by atoms with Crippen molar-refractivity contribution in [2.75, 3.05) is 19.6 Å². The summed E-state index contributed by atoms with van der Waals surface area (Å²) in [4.78, 5) is 2.15. The van der Waals surface area contributed by atoms with Gasteiger partial charge in [-0.25, -0.2) is 0 Å². The predicted molar refractivity (Wildman–Crippen MR) is 70.9 cm³/mol. The fourth-order valence-electron chi connectivity index (χ4n) is 1.79. The van der Waals surface area contributed by atoms with Crippen LogP contribution in [-0.2, 0) is 6.54 Å². The number of hydrogen-bond acceptors (Lipinski definition) is 2. The SMILES string of the molecule is CC(C)N(CCNCC(F)(F)F)Cc1ccccc1. The van der Waals surface area contributed by atoms with Gasteiger partial charge in [-0.15, -0.1) is 0 Å². The number of hydrogen-bond donors (Lipinski definition) is 1. The lowest BCUT2D eigenvalue weighted by Gasteiger charge is -2.26. The van der Waals surface area contributed by atoms with Crippen LogP contribution in [0, 0.1) is 0 Å². The average Bonchev–Trinajstić information content (AvgIpc) is 2.33. The van der Waals surface area contributed by atoms with Gasteiger partial charge in [-0.1, -0.05) is 30.3 Å². The molecule has 1 N–H and O–H groups in total. The third-order valence-electron chi connectivity index (χ3n) is 2.86. The van der Waals surface area contributed by atoms with Crippen molar-refractivity contribution in [1.82, 2.24) is 10.2 Å². The smallest absolute Gasteiger partial charge is 0.307 e. The number of nitrogens with one attached hydrogen (secondary N) is 1. The minimum atomic E-state index is -4.14. The number of nitrogens with zero attached hydrogens (tertiary/aromatic N) is 1. The van der Waals surface area contributed by atoms with E-state index < -0.39 is 12.7 Å². The van der Waals surface area contributed by atoms with Crippen LogP contribution in [0.2, 0.25) is 0 Å². The fourth-order valence-corrected chi connectivity index (χ4v) is 1.79. The van der Waals surface area contributed by atoms with Crippen molar-refractivity contribution in [1.29, 1.82) is 0 Å². The lowest BCUT2D eigenvalue weighted by atomic mass is 10.2. The highest BCUT2D eigenvalue weighted by Gasteiger charge is 2.26. The highest BCUT2D eigenvalue weighted by Crippen LogP contribution is 2.12. The van der Waals surface area contributed by atoms with Gasteiger partial charge in [-0.05, 0) is 19.4 Å². The Hall–Kier alpha value is -1.07. The summed E-state index contributed by atoms with van der Waals surface area (Å²) in [6.45, 7) is 4.86. The zero-order valence-corrected chi connectivity index (χ0v) is 11.4. The Balaban J connectivity index is 2.37. The van der Waals surface area contributed by atoms with Gasteiger partial charge in [0.2, 0.25) is 0 Å². The van der Waals surface area contributed by atoms with Crippen LogP contribution < -0.4 is 5.32 Å². The van der Waals surface area contributed by atoms with Crippen molar-refractivity contribution >= 4 is 0 Å². The molecule has 0 atom stereocenters.